The number of anilines is 1. The molecule has 0 saturated heterocycles. The highest BCUT2D eigenvalue weighted by Crippen LogP contribution is 2.08. The molecule has 0 fully saturated rings. The monoisotopic (exact) mass is 208 g/mol. The van der Waals surface area contributed by atoms with Crippen LogP contribution in [-0.2, 0) is 6.54 Å². The van der Waals surface area contributed by atoms with E-state index in [0.717, 1.165) is 25.5 Å². The maximum absolute atomic E-state index is 5.31. The molecule has 4 heteroatoms. The van der Waals surface area contributed by atoms with Crippen LogP contribution in [0.5, 0.6) is 0 Å². The number of hydrogen-bond donors (Lipinski definition) is 2. The third kappa shape index (κ3) is 3.85. The fourth-order valence-corrected chi connectivity index (χ4v) is 1.57. The largest absolute Gasteiger partial charge is 0.308 e. The molecule has 1 aromatic heterocycles. The van der Waals surface area contributed by atoms with E-state index < -0.39 is 0 Å². The Morgan fingerprint density at radius 1 is 1.47 bits per heavy atom. The maximum Gasteiger partial charge on any atom is 0.140 e. The van der Waals surface area contributed by atoms with Gasteiger partial charge in [-0.15, -0.1) is 0 Å². The van der Waals surface area contributed by atoms with Gasteiger partial charge in [-0.05, 0) is 37.2 Å². The Bertz CT molecular complexity index is 288. The van der Waals surface area contributed by atoms with Crippen LogP contribution in [0.1, 0.15) is 25.8 Å². The van der Waals surface area contributed by atoms with Gasteiger partial charge in [-0.3, -0.25) is 4.90 Å². The summed E-state index contributed by atoms with van der Waals surface area (Å²) in [6.45, 7) is 7.54. The van der Waals surface area contributed by atoms with Crippen molar-refractivity contribution in [3.63, 3.8) is 0 Å². The first-order valence-electron chi connectivity index (χ1n) is 5.44. The SMILES string of the molecule is CCCN(CC)Cc1ccnc(NN)c1. The Balaban J connectivity index is 2.61. The Morgan fingerprint density at radius 3 is 2.87 bits per heavy atom. The van der Waals surface area contributed by atoms with Crippen molar-refractivity contribution in [2.75, 3.05) is 18.5 Å². The summed E-state index contributed by atoms with van der Waals surface area (Å²) in [5, 5.41) is 0. The van der Waals surface area contributed by atoms with E-state index in [1.807, 2.05) is 12.1 Å². The molecule has 0 aliphatic rings. The molecule has 0 amide bonds. The van der Waals surface area contributed by atoms with E-state index in [1.165, 1.54) is 12.0 Å². The molecule has 0 aliphatic carbocycles. The lowest BCUT2D eigenvalue weighted by Gasteiger charge is -2.19. The predicted molar refractivity (Wildman–Crippen MR) is 63.3 cm³/mol. The lowest BCUT2D eigenvalue weighted by Crippen LogP contribution is -2.23. The maximum atomic E-state index is 5.31. The fraction of sp³-hybridized carbons (Fsp3) is 0.545. The van der Waals surface area contributed by atoms with E-state index in [-0.39, 0.29) is 0 Å². The van der Waals surface area contributed by atoms with E-state index >= 15 is 0 Å². The lowest BCUT2D eigenvalue weighted by molar-refractivity contribution is 0.280. The minimum absolute atomic E-state index is 0.722. The Morgan fingerprint density at radius 2 is 2.27 bits per heavy atom. The Hall–Kier alpha value is -1.13. The zero-order valence-corrected chi connectivity index (χ0v) is 9.53. The summed E-state index contributed by atoms with van der Waals surface area (Å²) in [6, 6.07) is 4.01. The minimum Gasteiger partial charge on any atom is -0.308 e. The second-order valence-electron chi connectivity index (χ2n) is 3.56. The first kappa shape index (κ1) is 11.9. The van der Waals surface area contributed by atoms with Crippen molar-refractivity contribution < 1.29 is 0 Å². The van der Waals surface area contributed by atoms with Crippen LogP contribution in [0.2, 0.25) is 0 Å². The summed E-state index contributed by atoms with van der Waals surface area (Å²) in [4.78, 5) is 6.48. The van der Waals surface area contributed by atoms with Gasteiger partial charge in [0, 0.05) is 12.7 Å². The van der Waals surface area contributed by atoms with Gasteiger partial charge in [0.05, 0.1) is 0 Å². The molecule has 1 aromatic rings. The number of nitrogens with two attached hydrogens (primary N) is 1. The summed E-state index contributed by atoms with van der Waals surface area (Å²) in [6.07, 6.45) is 2.96. The fourth-order valence-electron chi connectivity index (χ4n) is 1.57. The second kappa shape index (κ2) is 6.37. The molecular formula is C11H20N4. The number of nitrogen functional groups attached to an aromatic ring is 1. The predicted octanol–water partition coefficient (Wildman–Crippen LogP) is 1.60. The van der Waals surface area contributed by atoms with Crippen molar-refractivity contribution in [1.29, 1.82) is 0 Å². The first-order valence-corrected chi connectivity index (χ1v) is 5.44. The van der Waals surface area contributed by atoms with Crippen molar-refractivity contribution in [3.8, 4) is 0 Å². The molecule has 15 heavy (non-hydrogen) atoms. The van der Waals surface area contributed by atoms with Crippen LogP contribution in [0.25, 0.3) is 0 Å². The number of rotatable bonds is 6. The Kier molecular flexibility index (Phi) is 5.07. The molecule has 1 heterocycles. The van der Waals surface area contributed by atoms with Crippen LogP contribution >= 0.6 is 0 Å². The van der Waals surface area contributed by atoms with Gasteiger partial charge in [-0.25, -0.2) is 10.8 Å². The van der Waals surface area contributed by atoms with E-state index in [1.54, 1.807) is 6.20 Å². The van der Waals surface area contributed by atoms with Gasteiger partial charge in [0.1, 0.15) is 5.82 Å². The number of aromatic nitrogens is 1. The van der Waals surface area contributed by atoms with Crippen LogP contribution in [0.15, 0.2) is 18.3 Å². The van der Waals surface area contributed by atoms with Crippen LogP contribution in [0.3, 0.4) is 0 Å². The molecular weight excluding hydrogens is 188 g/mol. The molecule has 3 N–H and O–H groups in total. The van der Waals surface area contributed by atoms with Crippen LogP contribution in [0, 0.1) is 0 Å². The van der Waals surface area contributed by atoms with Gasteiger partial charge in [0.25, 0.3) is 0 Å². The minimum atomic E-state index is 0.722. The molecule has 0 spiro atoms. The van der Waals surface area contributed by atoms with Crippen molar-refractivity contribution >= 4 is 5.82 Å². The van der Waals surface area contributed by atoms with Crippen molar-refractivity contribution in [2.24, 2.45) is 5.84 Å². The average molecular weight is 208 g/mol. The summed E-state index contributed by atoms with van der Waals surface area (Å²) < 4.78 is 0. The summed E-state index contributed by atoms with van der Waals surface area (Å²) in [5.74, 6) is 6.04. The van der Waals surface area contributed by atoms with Crippen LogP contribution < -0.4 is 11.3 Å². The molecule has 0 saturated carbocycles. The zero-order valence-electron chi connectivity index (χ0n) is 9.53. The molecule has 0 atom stereocenters. The molecule has 1 rings (SSSR count). The van der Waals surface area contributed by atoms with Crippen LogP contribution in [-0.4, -0.2) is 23.0 Å². The smallest absolute Gasteiger partial charge is 0.140 e. The van der Waals surface area contributed by atoms with E-state index in [2.05, 4.69) is 29.2 Å². The third-order valence-electron chi connectivity index (χ3n) is 2.37. The molecule has 0 aromatic carbocycles. The number of nitrogens with zero attached hydrogens (tertiary/aromatic N) is 2. The molecule has 4 nitrogen and oxygen atoms in total. The van der Waals surface area contributed by atoms with Crippen LogP contribution in [0.4, 0.5) is 5.82 Å². The highest BCUT2D eigenvalue weighted by Gasteiger charge is 2.02. The number of hydrogen-bond acceptors (Lipinski definition) is 4. The summed E-state index contributed by atoms with van der Waals surface area (Å²) in [7, 11) is 0. The number of hydrazine groups is 1. The summed E-state index contributed by atoms with van der Waals surface area (Å²) in [5.41, 5.74) is 3.80. The van der Waals surface area contributed by atoms with Gasteiger partial charge >= 0.3 is 0 Å². The van der Waals surface area contributed by atoms with Gasteiger partial charge in [-0.1, -0.05) is 13.8 Å². The van der Waals surface area contributed by atoms with Crippen molar-refractivity contribution in [3.05, 3.63) is 23.9 Å². The molecule has 0 radical (unpaired) electrons. The first-order chi connectivity index (χ1) is 7.30. The number of pyridine rings is 1. The number of nitrogens with one attached hydrogen (secondary N) is 1. The zero-order chi connectivity index (χ0) is 11.1. The normalized spacial score (nSPS) is 10.7. The average Bonchev–Trinajstić information content (AvgIpc) is 2.29. The van der Waals surface area contributed by atoms with E-state index in [4.69, 9.17) is 5.84 Å². The quantitative estimate of drug-likeness (QED) is 0.551. The van der Waals surface area contributed by atoms with Gasteiger partial charge in [-0.2, -0.15) is 0 Å². The standard InChI is InChI=1S/C11H20N4/c1-3-7-15(4-2)9-10-5-6-13-11(8-10)14-12/h5-6,8H,3-4,7,9,12H2,1-2H3,(H,13,14). The van der Waals surface area contributed by atoms with Gasteiger partial charge in [0.2, 0.25) is 0 Å². The lowest BCUT2D eigenvalue weighted by atomic mass is 10.2. The van der Waals surface area contributed by atoms with Gasteiger partial charge in [0.15, 0.2) is 0 Å². The third-order valence-corrected chi connectivity index (χ3v) is 2.37. The highest BCUT2D eigenvalue weighted by atomic mass is 15.2. The molecule has 84 valence electrons. The van der Waals surface area contributed by atoms with E-state index in [9.17, 15) is 0 Å². The van der Waals surface area contributed by atoms with Crippen molar-refractivity contribution in [2.45, 2.75) is 26.8 Å². The molecule has 0 unspecified atom stereocenters. The summed E-state index contributed by atoms with van der Waals surface area (Å²) >= 11 is 0. The Labute approximate surface area is 91.5 Å². The van der Waals surface area contributed by atoms with Gasteiger partial charge < -0.3 is 5.43 Å². The highest BCUT2D eigenvalue weighted by molar-refractivity contribution is 5.35. The topological polar surface area (TPSA) is 54.2 Å². The molecule has 0 bridgehead atoms. The van der Waals surface area contributed by atoms with E-state index in [0.29, 0.717) is 0 Å². The molecule has 0 aliphatic heterocycles. The second-order valence-corrected chi connectivity index (χ2v) is 3.56. The van der Waals surface area contributed by atoms with Crippen molar-refractivity contribution in [1.82, 2.24) is 9.88 Å².